The Morgan fingerprint density at radius 1 is 1.14 bits per heavy atom. The fraction of sp³-hybridized carbons (Fsp3) is 0.474. The third-order valence-electron chi connectivity index (χ3n) is 4.09. The smallest absolute Gasteiger partial charge is 0.242 e. The first-order valence-corrected chi connectivity index (χ1v) is 10.4. The lowest BCUT2D eigenvalue weighted by Crippen LogP contribution is -2.36. The van der Waals surface area contributed by atoms with Crippen molar-refractivity contribution in [2.75, 3.05) is 21.1 Å². The molecule has 0 amide bonds. The number of sulfonamides is 1. The van der Waals surface area contributed by atoms with Crippen molar-refractivity contribution in [3.63, 3.8) is 0 Å². The number of nitrogens with zero attached hydrogens (tertiary/aromatic N) is 3. The topological polar surface area (TPSA) is 99.8 Å². The van der Waals surface area contributed by atoms with E-state index in [1.54, 1.807) is 37.5 Å². The molecule has 2 rings (SSSR count). The van der Waals surface area contributed by atoms with Gasteiger partial charge in [0.15, 0.2) is 5.96 Å². The van der Waals surface area contributed by atoms with Crippen LogP contribution in [0.4, 0.5) is 0 Å². The van der Waals surface area contributed by atoms with Crippen LogP contribution in [0.3, 0.4) is 0 Å². The van der Waals surface area contributed by atoms with Crippen molar-refractivity contribution in [2.45, 2.75) is 44.2 Å². The summed E-state index contributed by atoms with van der Waals surface area (Å²) < 4.78 is 31.2. The van der Waals surface area contributed by atoms with Gasteiger partial charge in [0.25, 0.3) is 0 Å². The van der Waals surface area contributed by atoms with Crippen molar-refractivity contribution < 1.29 is 12.8 Å². The van der Waals surface area contributed by atoms with Crippen molar-refractivity contribution in [3.8, 4) is 0 Å². The number of hydrogen-bond donors (Lipinski definition) is 2. The van der Waals surface area contributed by atoms with E-state index in [4.69, 9.17) is 4.42 Å². The van der Waals surface area contributed by atoms with E-state index < -0.39 is 10.0 Å². The summed E-state index contributed by atoms with van der Waals surface area (Å²) in [5.74, 6) is 2.02. The Labute approximate surface area is 167 Å². The van der Waals surface area contributed by atoms with Gasteiger partial charge in [-0.05, 0) is 17.7 Å². The quantitative estimate of drug-likeness (QED) is 0.562. The number of nitrogens with one attached hydrogen (secondary N) is 2. The minimum Gasteiger partial charge on any atom is -0.443 e. The summed E-state index contributed by atoms with van der Waals surface area (Å²) in [6.07, 6.45) is 1.75. The van der Waals surface area contributed by atoms with Gasteiger partial charge in [-0.1, -0.05) is 32.9 Å². The van der Waals surface area contributed by atoms with Gasteiger partial charge in [0, 0.05) is 33.1 Å². The maximum Gasteiger partial charge on any atom is 0.242 e. The largest absolute Gasteiger partial charge is 0.443 e. The van der Waals surface area contributed by atoms with E-state index >= 15 is 0 Å². The van der Waals surface area contributed by atoms with E-state index in [0.717, 1.165) is 11.3 Å². The molecule has 1 aromatic heterocycles. The second-order valence-electron chi connectivity index (χ2n) is 7.58. The molecule has 9 heteroatoms. The van der Waals surface area contributed by atoms with Crippen LogP contribution >= 0.6 is 0 Å². The van der Waals surface area contributed by atoms with Crippen LogP contribution in [0.25, 0.3) is 0 Å². The average Bonchev–Trinajstić information content (AvgIpc) is 3.11. The molecule has 2 aromatic rings. The van der Waals surface area contributed by atoms with Crippen molar-refractivity contribution >= 4 is 16.0 Å². The molecule has 154 valence electrons. The van der Waals surface area contributed by atoms with Gasteiger partial charge in [-0.3, -0.25) is 4.99 Å². The molecule has 0 spiro atoms. The Kier molecular flexibility index (Phi) is 6.84. The molecular weight excluding hydrogens is 378 g/mol. The number of rotatable bonds is 6. The SMILES string of the molecule is CN=C(NCc1ccc(S(=O)(=O)N(C)C)cc1)NCc1ncc(C(C)(C)C)o1. The van der Waals surface area contributed by atoms with Gasteiger partial charge >= 0.3 is 0 Å². The second kappa shape index (κ2) is 8.74. The molecule has 1 aromatic carbocycles. The summed E-state index contributed by atoms with van der Waals surface area (Å²) in [5.41, 5.74) is 0.851. The molecule has 0 aliphatic rings. The first-order valence-electron chi connectivity index (χ1n) is 8.95. The molecule has 0 fully saturated rings. The first kappa shape index (κ1) is 21.9. The monoisotopic (exact) mass is 407 g/mol. The molecule has 8 nitrogen and oxygen atoms in total. The summed E-state index contributed by atoms with van der Waals surface area (Å²) in [6, 6.07) is 6.76. The Balaban J connectivity index is 1.91. The van der Waals surface area contributed by atoms with Crippen LogP contribution in [0.1, 0.15) is 38.0 Å². The van der Waals surface area contributed by atoms with Gasteiger partial charge in [0.2, 0.25) is 15.9 Å². The number of benzene rings is 1. The van der Waals surface area contributed by atoms with Crippen LogP contribution in [0.2, 0.25) is 0 Å². The minimum absolute atomic E-state index is 0.0859. The van der Waals surface area contributed by atoms with E-state index in [2.05, 4.69) is 41.4 Å². The van der Waals surface area contributed by atoms with Crippen LogP contribution in [0, 0.1) is 0 Å². The van der Waals surface area contributed by atoms with E-state index in [9.17, 15) is 8.42 Å². The number of aromatic nitrogens is 1. The van der Waals surface area contributed by atoms with Gasteiger partial charge in [0.05, 0.1) is 17.6 Å². The summed E-state index contributed by atoms with van der Waals surface area (Å²) >= 11 is 0. The molecular formula is C19H29N5O3S. The third kappa shape index (κ3) is 5.56. The predicted molar refractivity (Wildman–Crippen MR) is 110 cm³/mol. The molecule has 0 bridgehead atoms. The number of aliphatic imine (C=N–C) groups is 1. The normalized spacial score (nSPS) is 13.0. The predicted octanol–water partition coefficient (Wildman–Crippen LogP) is 2.09. The summed E-state index contributed by atoms with van der Waals surface area (Å²) in [5, 5.41) is 6.33. The average molecular weight is 408 g/mol. The maximum absolute atomic E-state index is 12.1. The van der Waals surface area contributed by atoms with Crippen molar-refractivity contribution in [1.29, 1.82) is 0 Å². The molecule has 0 aliphatic carbocycles. The zero-order valence-electron chi connectivity index (χ0n) is 17.3. The number of guanidine groups is 1. The highest BCUT2D eigenvalue weighted by molar-refractivity contribution is 7.89. The molecule has 0 atom stereocenters. The molecule has 0 unspecified atom stereocenters. The van der Waals surface area contributed by atoms with Gasteiger partial charge in [-0.15, -0.1) is 0 Å². The highest BCUT2D eigenvalue weighted by Crippen LogP contribution is 2.22. The Hall–Kier alpha value is -2.39. The minimum atomic E-state index is -3.42. The van der Waals surface area contributed by atoms with Crippen LogP contribution < -0.4 is 10.6 Å². The van der Waals surface area contributed by atoms with Gasteiger partial charge < -0.3 is 15.1 Å². The Morgan fingerprint density at radius 3 is 2.25 bits per heavy atom. The van der Waals surface area contributed by atoms with Gasteiger partial charge in [0.1, 0.15) is 5.76 Å². The van der Waals surface area contributed by atoms with E-state index in [1.807, 2.05) is 0 Å². The fourth-order valence-corrected chi connectivity index (χ4v) is 3.20. The summed E-state index contributed by atoms with van der Waals surface area (Å²) in [7, 11) is 1.29. The van der Waals surface area contributed by atoms with Crippen LogP contribution in [-0.2, 0) is 28.5 Å². The zero-order chi connectivity index (χ0) is 20.9. The highest BCUT2D eigenvalue weighted by Gasteiger charge is 2.19. The van der Waals surface area contributed by atoms with E-state index in [0.29, 0.717) is 24.9 Å². The lowest BCUT2D eigenvalue weighted by atomic mass is 9.94. The number of hydrogen-bond acceptors (Lipinski definition) is 5. The van der Waals surface area contributed by atoms with Crippen molar-refractivity contribution in [3.05, 3.63) is 47.7 Å². The first-order chi connectivity index (χ1) is 13.0. The maximum atomic E-state index is 12.1. The lowest BCUT2D eigenvalue weighted by molar-refractivity contribution is 0.379. The summed E-state index contributed by atoms with van der Waals surface area (Å²) in [6.45, 7) is 7.12. The third-order valence-corrected chi connectivity index (χ3v) is 5.91. The lowest BCUT2D eigenvalue weighted by Gasteiger charge is -2.14. The van der Waals surface area contributed by atoms with Crippen molar-refractivity contribution in [1.82, 2.24) is 19.9 Å². The Bertz CT molecular complexity index is 910. The van der Waals surface area contributed by atoms with Crippen LogP contribution in [0.5, 0.6) is 0 Å². The van der Waals surface area contributed by atoms with Gasteiger partial charge in [-0.2, -0.15) is 0 Å². The molecule has 0 saturated heterocycles. The zero-order valence-corrected chi connectivity index (χ0v) is 18.1. The summed E-state index contributed by atoms with van der Waals surface area (Å²) in [4.78, 5) is 8.72. The van der Waals surface area contributed by atoms with Crippen LogP contribution in [0.15, 0.2) is 44.8 Å². The second-order valence-corrected chi connectivity index (χ2v) is 9.73. The number of oxazole rings is 1. The van der Waals surface area contributed by atoms with E-state index in [1.165, 1.54) is 18.4 Å². The van der Waals surface area contributed by atoms with Gasteiger partial charge in [-0.25, -0.2) is 17.7 Å². The Morgan fingerprint density at radius 2 is 1.75 bits per heavy atom. The van der Waals surface area contributed by atoms with E-state index in [-0.39, 0.29) is 10.3 Å². The molecule has 2 N–H and O–H groups in total. The van der Waals surface area contributed by atoms with Crippen LogP contribution in [-0.4, -0.2) is 44.8 Å². The molecule has 0 saturated carbocycles. The molecule has 28 heavy (non-hydrogen) atoms. The fourth-order valence-electron chi connectivity index (χ4n) is 2.29. The molecule has 1 heterocycles. The molecule has 0 radical (unpaired) electrons. The standard InChI is InChI=1S/C19H29N5O3S/c1-19(2,3)16-12-21-17(27-16)13-23-18(20-4)22-11-14-7-9-15(10-8-14)28(25,26)24(5)6/h7-10,12H,11,13H2,1-6H3,(H2,20,22,23). The van der Waals surface area contributed by atoms with Crippen molar-refractivity contribution in [2.24, 2.45) is 4.99 Å². The highest BCUT2D eigenvalue weighted by atomic mass is 32.2. The molecule has 0 aliphatic heterocycles.